The first kappa shape index (κ1) is 12.5. The van der Waals surface area contributed by atoms with Crippen molar-refractivity contribution in [3.63, 3.8) is 0 Å². The summed E-state index contributed by atoms with van der Waals surface area (Å²) in [6, 6.07) is 1.61. The van der Waals surface area contributed by atoms with Crippen LogP contribution in [-0.4, -0.2) is 39.6 Å². The summed E-state index contributed by atoms with van der Waals surface area (Å²) in [5.41, 5.74) is 0.229. The predicted octanol–water partition coefficient (Wildman–Crippen LogP) is 2.30. The van der Waals surface area contributed by atoms with E-state index in [-0.39, 0.29) is 5.56 Å². The highest BCUT2D eigenvalue weighted by atomic mass is 32.2. The van der Waals surface area contributed by atoms with Gasteiger partial charge >= 0.3 is 5.97 Å². The van der Waals surface area contributed by atoms with Crippen LogP contribution in [0.25, 0.3) is 0 Å². The molecule has 2 heterocycles. The Balaban J connectivity index is 1.97. The molecule has 0 aromatic carbocycles. The number of hydrogen-bond acceptors (Lipinski definition) is 4. The first-order valence-electron chi connectivity index (χ1n) is 5.73. The molecule has 0 saturated carbocycles. The smallest absolute Gasteiger partial charge is 0.338 e. The van der Waals surface area contributed by atoms with Crippen LogP contribution in [0.3, 0.4) is 0 Å². The molecule has 0 bridgehead atoms. The summed E-state index contributed by atoms with van der Waals surface area (Å²) in [5, 5.41) is 10.0. The largest absolute Gasteiger partial charge is 0.478 e. The third-order valence-electron chi connectivity index (χ3n) is 2.78. The molecular formula is C12H17NO3S. The third kappa shape index (κ3) is 3.26. The molecule has 1 aromatic rings. The number of rotatable bonds is 3. The fourth-order valence-electron chi connectivity index (χ4n) is 2.21. The molecule has 0 spiro atoms. The van der Waals surface area contributed by atoms with E-state index in [2.05, 4.69) is 18.7 Å². The van der Waals surface area contributed by atoms with Gasteiger partial charge in [-0.2, -0.15) is 11.8 Å². The van der Waals surface area contributed by atoms with E-state index in [9.17, 15) is 4.79 Å². The van der Waals surface area contributed by atoms with Crippen molar-refractivity contribution in [2.24, 2.45) is 0 Å². The van der Waals surface area contributed by atoms with Crippen molar-refractivity contribution in [1.29, 1.82) is 0 Å². The lowest BCUT2D eigenvalue weighted by Crippen LogP contribution is -2.39. The van der Waals surface area contributed by atoms with Gasteiger partial charge in [-0.3, -0.25) is 4.90 Å². The van der Waals surface area contributed by atoms with E-state index < -0.39 is 5.97 Å². The quantitative estimate of drug-likeness (QED) is 0.898. The molecule has 2 rings (SSSR count). The monoisotopic (exact) mass is 255 g/mol. The molecule has 4 nitrogen and oxygen atoms in total. The number of carbonyl (C=O) groups is 1. The maximum Gasteiger partial charge on any atom is 0.338 e. The molecule has 0 amide bonds. The van der Waals surface area contributed by atoms with Gasteiger partial charge in [-0.15, -0.1) is 0 Å². The summed E-state index contributed by atoms with van der Waals surface area (Å²) >= 11 is 2.00. The van der Waals surface area contributed by atoms with Gasteiger partial charge in [0.05, 0.1) is 12.1 Å². The van der Waals surface area contributed by atoms with Gasteiger partial charge in [-0.25, -0.2) is 4.79 Å². The summed E-state index contributed by atoms with van der Waals surface area (Å²) in [4.78, 5) is 13.0. The molecule has 1 saturated heterocycles. The lowest BCUT2D eigenvalue weighted by Gasteiger charge is -2.33. The minimum absolute atomic E-state index is 0.229. The molecule has 2 atom stereocenters. The number of nitrogens with zero attached hydrogens (tertiary/aromatic N) is 1. The zero-order valence-corrected chi connectivity index (χ0v) is 10.9. The number of carboxylic acid groups (broad SMARTS) is 1. The van der Waals surface area contributed by atoms with Crippen molar-refractivity contribution in [3.05, 3.63) is 23.7 Å². The van der Waals surface area contributed by atoms with Gasteiger partial charge in [-0.1, -0.05) is 13.8 Å². The van der Waals surface area contributed by atoms with Crippen LogP contribution < -0.4 is 0 Å². The van der Waals surface area contributed by atoms with E-state index in [1.54, 1.807) is 6.07 Å². The van der Waals surface area contributed by atoms with Crippen molar-refractivity contribution in [2.45, 2.75) is 30.9 Å². The van der Waals surface area contributed by atoms with Crippen LogP contribution >= 0.6 is 11.8 Å². The van der Waals surface area contributed by atoms with E-state index in [4.69, 9.17) is 9.52 Å². The second-order valence-corrected chi connectivity index (χ2v) is 6.44. The number of aromatic carboxylic acids is 1. The molecule has 1 N–H and O–H groups in total. The minimum Gasteiger partial charge on any atom is -0.478 e. The van der Waals surface area contributed by atoms with E-state index in [0.717, 1.165) is 18.8 Å². The number of thioether (sulfide) groups is 1. The van der Waals surface area contributed by atoms with Crippen molar-refractivity contribution < 1.29 is 14.3 Å². The number of hydrogen-bond donors (Lipinski definition) is 1. The van der Waals surface area contributed by atoms with Crippen LogP contribution in [0.15, 0.2) is 16.7 Å². The lowest BCUT2D eigenvalue weighted by atomic mass is 10.2. The van der Waals surface area contributed by atoms with Crippen LogP contribution in [0.1, 0.15) is 30.0 Å². The van der Waals surface area contributed by atoms with E-state index in [1.165, 1.54) is 6.26 Å². The Hall–Kier alpha value is -0.940. The Labute approximate surface area is 105 Å². The van der Waals surface area contributed by atoms with Crippen molar-refractivity contribution in [2.75, 3.05) is 13.1 Å². The summed E-state index contributed by atoms with van der Waals surface area (Å²) in [5.74, 6) is -0.204. The first-order valence-corrected chi connectivity index (χ1v) is 6.67. The van der Waals surface area contributed by atoms with Gasteiger partial charge < -0.3 is 9.52 Å². The minimum atomic E-state index is -0.934. The second-order valence-electron chi connectivity index (χ2n) is 4.56. The Morgan fingerprint density at radius 1 is 1.53 bits per heavy atom. The van der Waals surface area contributed by atoms with Crippen LogP contribution in [-0.2, 0) is 6.54 Å². The standard InChI is InChI=1S/C12H17NO3S/c1-8-4-13(5-9(2)17-8)6-11-3-10(7-16-11)12(14)15/h3,7-9H,4-6H2,1-2H3,(H,14,15). The summed E-state index contributed by atoms with van der Waals surface area (Å²) in [6.45, 7) is 7.19. The molecule has 2 unspecified atom stereocenters. The molecule has 1 fully saturated rings. The highest BCUT2D eigenvalue weighted by Crippen LogP contribution is 2.25. The Bertz CT molecular complexity index is 394. The summed E-state index contributed by atoms with van der Waals surface area (Å²) in [7, 11) is 0. The van der Waals surface area contributed by atoms with E-state index in [0.29, 0.717) is 17.0 Å². The topological polar surface area (TPSA) is 53.7 Å². The predicted molar refractivity (Wildman–Crippen MR) is 67.5 cm³/mol. The van der Waals surface area contributed by atoms with Crippen LogP contribution in [0, 0.1) is 0 Å². The molecule has 0 radical (unpaired) electrons. The van der Waals surface area contributed by atoms with Gasteiger partial charge in [0.25, 0.3) is 0 Å². The van der Waals surface area contributed by atoms with Crippen LogP contribution in [0.5, 0.6) is 0 Å². The Kier molecular flexibility index (Phi) is 3.79. The fraction of sp³-hybridized carbons (Fsp3) is 0.583. The summed E-state index contributed by atoms with van der Waals surface area (Å²) in [6.07, 6.45) is 1.31. The average molecular weight is 255 g/mol. The van der Waals surface area contributed by atoms with Crippen LogP contribution in [0.2, 0.25) is 0 Å². The highest BCUT2D eigenvalue weighted by Gasteiger charge is 2.23. The highest BCUT2D eigenvalue weighted by molar-refractivity contribution is 8.00. The molecule has 17 heavy (non-hydrogen) atoms. The molecule has 1 aliphatic heterocycles. The second kappa shape index (κ2) is 5.14. The maximum atomic E-state index is 10.7. The van der Waals surface area contributed by atoms with Gasteiger partial charge in [-0.05, 0) is 6.07 Å². The zero-order chi connectivity index (χ0) is 12.4. The third-order valence-corrected chi connectivity index (χ3v) is 4.00. The van der Waals surface area contributed by atoms with Gasteiger partial charge in [0, 0.05) is 23.6 Å². The molecule has 1 aromatic heterocycles. The van der Waals surface area contributed by atoms with E-state index in [1.807, 2.05) is 11.8 Å². The zero-order valence-electron chi connectivity index (χ0n) is 10.0. The summed E-state index contributed by atoms with van der Waals surface area (Å²) < 4.78 is 5.27. The molecular weight excluding hydrogens is 238 g/mol. The number of furan rings is 1. The first-order chi connectivity index (χ1) is 8.04. The van der Waals surface area contributed by atoms with Gasteiger partial charge in [0.2, 0.25) is 0 Å². The molecule has 94 valence electrons. The molecule has 1 aliphatic rings. The average Bonchev–Trinajstić information content (AvgIpc) is 2.64. The SMILES string of the molecule is CC1CN(Cc2cc(C(=O)O)co2)CC(C)S1. The fourth-order valence-corrected chi connectivity index (χ4v) is 3.60. The van der Waals surface area contributed by atoms with Crippen LogP contribution in [0.4, 0.5) is 0 Å². The van der Waals surface area contributed by atoms with Gasteiger partial charge in [0.15, 0.2) is 0 Å². The van der Waals surface area contributed by atoms with Crippen molar-refractivity contribution >= 4 is 17.7 Å². The Morgan fingerprint density at radius 3 is 2.71 bits per heavy atom. The Morgan fingerprint density at radius 2 is 2.18 bits per heavy atom. The normalized spacial score (nSPS) is 26.0. The van der Waals surface area contributed by atoms with Gasteiger partial charge in [0.1, 0.15) is 12.0 Å². The molecule has 0 aliphatic carbocycles. The van der Waals surface area contributed by atoms with Crippen molar-refractivity contribution in [3.8, 4) is 0 Å². The lowest BCUT2D eigenvalue weighted by molar-refractivity contribution is 0.0696. The maximum absolute atomic E-state index is 10.7. The molecule has 5 heteroatoms. The van der Waals surface area contributed by atoms with E-state index >= 15 is 0 Å². The number of carboxylic acids is 1. The van der Waals surface area contributed by atoms with Crippen molar-refractivity contribution in [1.82, 2.24) is 4.90 Å².